The quantitative estimate of drug-likeness (QED) is 0.769. The van der Waals surface area contributed by atoms with Gasteiger partial charge in [-0.3, -0.25) is 14.6 Å². The van der Waals surface area contributed by atoms with Crippen LogP contribution in [0.4, 0.5) is 5.69 Å². The zero-order chi connectivity index (χ0) is 17.5. The number of benzene rings is 1. The predicted molar refractivity (Wildman–Crippen MR) is 92.9 cm³/mol. The van der Waals surface area contributed by atoms with Gasteiger partial charge < -0.3 is 15.4 Å². The maximum Gasteiger partial charge on any atom is 0.269 e. The number of amides is 2. The molecule has 1 aromatic heterocycles. The summed E-state index contributed by atoms with van der Waals surface area (Å²) < 4.78 is 4.85. The summed E-state index contributed by atoms with van der Waals surface area (Å²) in [6.45, 7) is 0.741. The summed E-state index contributed by atoms with van der Waals surface area (Å²) in [5.74, 6) is -0.810. The van der Waals surface area contributed by atoms with Crippen LogP contribution in [-0.4, -0.2) is 37.1 Å². The molecule has 126 valence electrons. The first-order valence-electron chi connectivity index (χ1n) is 7.01. The highest BCUT2D eigenvalue weighted by atomic mass is 35.5. The number of nitrogens with one attached hydrogen (secondary N) is 2. The van der Waals surface area contributed by atoms with Crippen LogP contribution in [0.3, 0.4) is 0 Å². The fourth-order valence-corrected chi connectivity index (χ4v) is 2.18. The number of aromatic nitrogens is 1. The van der Waals surface area contributed by atoms with Crippen LogP contribution in [0.15, 0.2) is 36.5 Å². The van der Waals surface area contributed by atoms with E-state index in [4.69, 9.17) is 27.9 Å². The van der Waals surface area contributed by atoms with Crippen LogP contribution >= 0.6 is 23.2 Å². The van der Waals surface area contributed by atoms with Gasteiger partial charge in [0.1, 0.15) is 5.69 Å². The Morgan fingerprint density at radius 1 is 1.17 bits per heavy atom. The maximum absolute atomic E-state index is 12.3. The molecule has 0 fully saturated rings. The van der Waals surface area contributed by atoms with Gasteiger partial charge in [-0.25, -0.2) is 0 Å². The Kier molecular flexibility index (Phi) is 6.54. The third-order valence-electron chi connectivity index (χ3n) is 3.02. The molecule has 2 amide bonds. The molecular formula is C16H15Cl2N3O3. The van der Waals surface area contributed by atoms with Gasteiger partial charge in [0.15, 0.2) is 0 Å². The van der Waals surface area contributed by atoms with Crippen molar-refractivity contribution in [2.75, 3.05) is 25.6 Å². The molecule has 0 spiro atoms. The van der Waals surface area contributed by atoms with E-state index in [1.807, 2.05) is 0 Å². The molecule has 0 atom stereocenters. The number of rotatable bonds is 6. The molecule has 0 radical (unpaired) electrons. The number of hydrogen-bond donors (Lipinski definition) is 2. The van der Waals surface area contributed by atoms with Crippen LogP contribution in [0.1, 0.15) is 20.8 Å². The van der Waals surface area contributed by atoms with Crippen LogP contribution in [-0.2, 0) is 4.74 Å². The molecule has 8 heteroatoms. The number of halogens is 2. The highest BCUT2D eigenvalue weighted by molar-refractivity contribution is 6.35. The highest BCUT2D eigenvalue weighted by Gasteiger charge is 2.13. The van der Waals surface area contributed by atoms with Crippen molar-refractivity contribution in [1.29, 1.82) is 0 Å². The van der Waals surface area contributed by atoms with E-state index in [1.165, 1.54) is 25.4 Å². The lowest BCUT2D eigenvalue weighted by molar-refractivity contribution is 0.0932. The molecule has 0 unspecified atom stereocenters. The Balaban J connectivity index is 2.11. The predicted octanol–water partition coefficient (Wildman–Crippen LogP) is 3.02. The molecule has 0 saturated heterocycles. The van der Waals surface area contributed by atoms with E-state index in [2.05, 4.69) is 15.6 Å². The second-order valence-electron chi connectivity index (χ2n) is 4.76. The van der Waals surface area contributed by atoms with E-state index < -0.39 is 5.91 Å². The summed E-state index contributed by atoms with van der Waals surface area (Å²) >= 11 is 11.9. The van der Waals surface area contributed by atoms with Crippen molar-refractivity contribution in [2.24, 2.45) is 0 Å². The zero-order valence-corrected chi connectivity index (χ0v) is 14.3. The SMILES string of the molecule is COCCNC(=O)c1cc(C(=O)Nc2cc(Cl)ccc2Cl)ccn1. The molecule has 6 nitrogen and oxygen atoms in total. The standard InChI is InChI=1S/C16H15Cl2N3O3/c1-24-7-6-20-16(23)14-8-10(4-5-19-14)15(22)21-13-9-11(17)2-3-12(13)18/h2-5,8-9H,6-7H2,1H3,(H,20,23)(H,21,22). The van der Waals surface area contributed by atoms with E-state index in [9.17, 15) is 9.59 Å². The maximum atomic E-state index is 12.3. The lowest BCUT2D eigenvalue weighted by Crippen LogP contribution is -2.28. The molecule has 24 heavy (non-hydrogen) atoms. The number of methoxy groups -OCH3 is 1. The number of nitrogens with zero attached hydrogens (tertiary/aromatic N) is 1. The van der Waals surface area contributed by atoms with Crippen molar-refractivity contribution in [3.63, 3.8) is 0 Å². The van der Waals surface area contributed by atoms with Gasteiger partial charge >= 0.3 is 0 Å². The lowest BCUT2D eigenvalue weighted by atomic mass is 10.2. The number of anilines is 1. The Labute approximate surface area is 149 Å². The monoisotopic (exact) mass is 367 g/mol. The number of pyridine rings is 1. The molecule has 2 aromatic rings. The molecule has 2 rings (SSSR count). The molecule has 0 aliphatic rings. The van der Waals surface area contributed by atoms with Gasteiger partial charge in [-0.15, -0.1) is 0 Å². The third-order valence-corrected chi connectivity index (χ3v) is 3.59. The van der Waals surface area contributed by atoms with Gasteiger partial charge in [-0.05, 0) is 30.3 Å². The minimum atomic E-state index is -0.424. The van der Waals surface area contributed by atoms with Gasteiger partial charge in [0.05, 0.1) is 17.3 Å². The van der Waals surface area contributed by atoms with E-state index in [0.29, 0.717) is 28.9 Å². The summed E-state index contributed by atoms with van der Waals surface area (Å²) in [5.41, 5.74) is 0.797. The Morgan fingerprint density at radius 3 is 2.71 bits per heavy atom. The minimum Gasteiger partial charge on any atom is -0.383 e. The van der Waals surface area contributed by atoms with E-state index >= 15 is 0 Å². The first kappa shape index (κ1) is 18.2. The Morgan fingerprint density at radius 2 is 1.96 bits per heavy atom. The van der Waals surface area contributed by atoms with Crippen molar-refractivity contribution in [2.45, 2.75) is 0 Å². The van der Waals surface area contributed by atoms with Gasteiger partial charge in [-0.1, -0.05) is 23.2 Å². The van der Waals surface area contributed by atoms with E-state index in [0.717, 1.165) is 0 Å². The summed E-state index contributed by atoms with van der Waals surface area (Å²) in [6, 6.07) is 7.64. The largest absolute Gasteiger partial charge is 0.383 e. The van der Waals surface area contributed by atoms with Gasteiger partial charge in [0, 0.05) is 30.4 Å². The summed E-state index contributed by atoms with van der Waals surface area (Å²) in [5, 5.41) is 6.09. The van der Waals surface area contributed by atoms with Gasteiger partial charge in [0.25, 0.3) is 11.8 Å². The average Bonchev–Trinajstić information content (AvgIpc) is 2.58. The third kappa shape index (κ3) is 4.92. The molecule has 0 bridgehead atoms. The topological polar surface area (TPSA) is 80.3 Å². The fourth-order valence-electron chi connectivity index (χ4n) is 1.84. The average molecular weight is 368 g/mol. The smallest absolute Gasteiger partial charge is 0.269 e. The van der Waals surface area contributed by atoms with Gasteiger partial charge in [0.2, 0.25) is 0 Å². The van der Waals surface area contributed by atoms with E-state index in [-0.39, 0.29) is 17.2 Å². The number of hydrogen-bond acceptors (Lipinski definition) is 4. The molecular weight excluding hydrogens is 353 g/mol. The van der Waals surface area contributed by atoms with Crippen LogP contribution < -0.4 is 10.6 Å². The van der Waals surface area contributed by atoms with Crippen molar-refractivity contribution >= 4 is 40.7 Å². The van der Waals surface area contributed by atoms with Crippen LogP contribution in [0.2, 0.25) is 10.0 Å². The van der Waals surface area contributed by atoms with Crippen molar-refractivity contribution in [3.8, 4) is 0 Å². The van der Waals surface area contributed by atoms with Crippen LogP contribution in [0.5, 0.6) is 0 Å². The second-order valence-corrected chi connectivity index (χ2v) is 5.60. The molecule has 0 aliphatic heterocycles. The Bertz CT molecular complexity index is 753. The first-order valence-corrected chi connectivity index (χ1v) is 7.76. The summed E-state index contributed by atoms with van der Waals surface area (Å²) in [7, 11) is 1.54. The molecule has 2 N–H and O–H groups in total. The molecule has 0 saturated carbocycles. The van der Waals surface area contributed by atoms with Crippen molar-refractivity contribution < 1.29 is 14.3 Å². The number of ether oxygens (including phenoxy) is 1. The summed E-state index contributed by atoms with van der Waals surface area (Å²) in [4.78, 5) is 28.2. The minimum absolute atomic E-state index is 0.135. The van der Waals surface area contributed by atoms with Crippen LogP contribution in [0.25, 0.3) is 0 Å². The fraction of sp³-hybridized carbons (Fsp3) is 0.188. The second kappa shape index (κ2) is 8.63. The Hall–Kier alpha value is -2.15. The number of carbonyl (C=O) groups excluding carboxylic acids is 2. The van der Waals surface area contributed by atoms with Crippen molar-refractivity contribution in [1.82, 2.24) is 10.3 Å². The highest BCUT2D eigenvalue weighted by Crippen LogP contribution is 2.25. The number of carbonyl (C=O) groups is 2. The normalized spacial score (nSPS) is 10.3. The van der Waals surface area contributed by atoms with Crippen molar-refractivity contribution in [3.05, 3.63) is 57.8 Å². The molecule has 1 heterocycles. The molecule has 0 aliphatic carbocycles. The van der Waals surface area contributed by atoms with Crippen LogP contribution in [0, 0.1) is 0 Å². The van der Waals surface area contributed by atoms with Gasteiger partial charge in [-0.2, -0.15) is 0 Å². The lowest BCUT2D eigenvalue weighted by Gasteiger charge is -2.09. The molecule has 1 aromatic carbocycles. The summed E-state index contributed by atoms with van der Waals surface area (Å²) in [6.07, 6.45) is 1.39. The zero-order valence-electron chi connectivity index (χ0n) is 12.8. The van der Waals surface area contributed by atoms with E-state index in [1.54, 1.807) is 18.2 Å². The first-order chi connectivity index (χ1) is 11.5.